The van der Waals surface area contributed by atoms with Crippen LogP contribution in [-0.2, 0) is 11.8 Å². The number of H-pyrrole nitrogens is 1. The molecule has 1 saturated carbocycles. The highest BCUT2D eigenvalue weighted by molar-refractivity contribution is 5.98. The smallest absolute Gasteiger partial charge is 0.326 e. The minimum absolute atomic E-state index is 0.0663. The van der Waals surface area contributed by atoms with Crippen molar-refractivity contribution in [3.63, 3.8) is 0 Å². The Morgan fingerprint density at radius 2 is 2.00 bits per heavy atom. The Hall–Kier alpha value is -2.57. The predicted octanol–water partition coefficient (Wildman–Crippen LogP) is 1.77. The van der Waals surface area contributed by atoms with Crippen LogP contribution in [0.1, 0.15) is 48.9 Å². The van der Waals surface area contributed by atoms with Gasteiger partial charge in [-0.05, 0) is 31.0 Å². The maximum Gasteiger partial charge on any atom is 0.326 e. The minimum atomic E-state index is -0.903. The zero-order valence-corrected chi connectivity index (χ0v) is 13.6. The molecule has 0 aliphatic heterocycles. The maximum atomic E-state index is 12.6. The van der Waals surface area contributed by atoms with Crippen LogP contribution in [0.15, 0.2) is 23.0 Å². The molecule has 1 heterocycles. The fourth-order valence-corrected chi connectivity index (χ4v) is 3.56. The number of carboxylic acid groups (broad SMARTS) is 1. The van der Waals surface area contributed by atoms with E-state index >= 15 is 0 Å². The zero-order valence-electron chi connectivity index (χ0n) is 13.6. The van der Waals surface area contributed by atoms with E-state index in [0.717, 1.165) is 24.8 Å². The second-order valence-corrected chi connectivity index (χ2v) is 6.59. The molecular formula is C17H21N3O4. The third kappa shape index (κ3) is 3.06. The lowest BCUT2D eigenvalue weighted by Crippen LogP contribution is -2.51. The first-order valence-corrected chi connectivity index (χ1v) is 8.13. The van der Waals surface area contributed by atoms with Gasteiger partial charge in [-0.1, -0.05) is 19.3 Å². The van der Waals surface area contributed by atoms with Crippen molar-refractivity contribution in [3.05, 3.63) is 34.2 Å². The van der Waals surface area contributed by atoms with Gasteiger partial charge in [0.05, 0.1) is 23.0 Å². The molecule has 1 aromatic carbocycles. The van der Waals surface area contributed by atoms with Crippen LogP contribution in [0.3, 0.4) is 0 Å². The molecule has 3 rings (SSSR count). The van der Waals surface area contributed by atoms with Crippen LogP contribution in [0.5, 0.6) is 0 Å². The summed E-state index contributed by atoms with van der Waals surface area (Å²) in [6.45, 7) is 0. The molecule has 0 unspecified atom stereocenters. The van der Waals surface area contributed by atoms with Crippen LogP contribution in [0.2, 0.25) is 0 Å². The predicted molar refractivity (Wildman–Crippen MR) is 89.1 cm³/mol. The molecule has 1 aromatic heterocycles. The quantitative estimate of drug-likeness (QED) is 0.794. The van der Waals surface area contributed by atoms with Crippen molar-refractivity contribution in [3.8, 4) is 0 Å². The molecule has 0 saturated heterocycles. The zero-order chi connectivity index (χ0) is 17.3. The first-order chi connectivity index (χ1) is 11.4. The van der Waals surface area contributed by atoms with Gasteiger partial charge in [-0.3, -0.25) is 14.2 Å². The standard InChI is InChI=1S/C17H21N3O4/c1-20-13-6-5-11(9-12(13)18-16(20)24)15(23)19-17(10-14(21)22)7-3-2-4-8-17/h5-6,9H,2-4,7-8,10H2,1H3,(H,18,24)(H,19,23)(H,21,22). The van der Waals surface area contributed by atoms with Crippen LogP contribution < -0.4 is 11.0 Å². The number of carbonyl (C=O) groups is 2. The van der Waals surface area contributed by atoms with E-state index < -0.39 is 11.5 Å². The number of aromatic nitrogens is 2. The molecule has 0 atom stereocenters. The van der Waals surface area contributed by atoms with Crippen LogP contribution in [0.4, 0.5) is 0 Å². The van der Waals surface area contributed by atoms with Crippen LogP contribution in [-0.4, -0.2) is 32.1 Å². The maximum absolute atomic E-state index is 12.6. The highest BCUT2D eigenvalue weighted by atomic mass is 16.4. The SMILES string of the molecule is Cn1c(=O)[nH]c2cc(C(=O)NC3(CC(=O)O)CCCCC3)ccc21. The lowest BCUT2D eigenvalue weighted by Gasteiger charge is -2.37. The summed E-state index contributed by atoms with van der Waals surface area (Å²) in [6.07, 6.45) is 4.18. The summed E-state index contributed by atoms with van der Waals surface area (Å²) in [5, 5.41) is 12.1. The first-order valence-electron chi connectivity index (χ1n) is 8.13. The number of benzene rings is 1. The summed E-state index contributed by atoms with van der Waals surface area (Å²) in [6, 6.07) is 5.00. The Bertz CT molecular complexity index is 843. The van der Waals surface area contributed by atoms with Crippen LogP contribution in [0.25, 0.3) is 11.0 Å². The van der Waals surface area contributed by atoms with E-state index in [0.29, 0.717) is 23.9 Å². The number of aromatic amines is 1. The third-order valence-corrected chi connectivity index (χ3v) is 4.85. The molecule has 0 spiro atoms. The van der Waals surface area contributed by atoms with E-state index in [1.165, 1.54) is 4.57 Å². The van der Waals surface area contributed by atoms with Gasteiger partial charge < -0.3 is 15.4 Å². The van der Waals surface area contributed by atoms with Gasteiger partial charge in [0.2, 0.25) is 0 Å². The Labute approximate surface area is 138 Å². The number of aliphatic carboxylic acids is 1. The van der Waals surface area contributed by atoms with Crippen molar-refractivity contribution in [2.24, 2.45) is 7.05 Å². The van der Waals surface area contributed by atoms with Gasteiger partial charge in [0.25, 0.3) is 5.91 Å². The summed E-state index contributed by atoms with van der Waals surface area (Å²) < 4.78 is 1.48. The van der Waals surface area contributed by atoms with Gasteiger partial charge in [0.15, 0.2) is 0 Å². The average molecular weight is 331 g/mol. The Kier molecular flexibility index (Phi) is 4.17. The molecule has 1 aliphatic rings. The van der Waals surface area contributed by atoms with Gasteiger partial charge in [-0.2, -0.15) is 0 Å². The van der Waals surface area contributed by atoms with Gasteiger partial charge in [0, 0.05) is 12.6 Å². The van der Waals surface area contributed by atoms with Crippen LogP contribution in [0, 0.1) is 0 Å². The molecule has 0 bridgehead atoms. The number of amides is 1. The number of imidazole rings is 1. The second kappa shape index (κ2) is 6.14. The second-order valence-electron chi connectivity index (χ2n) is 6.59. The monoisotopic (exact) mass is 331 g/mol. The molecule has 3 N–H and O–H groups in total. The highest BCUT2D eigenvalue weighted by Gasteiger charge is 2.36. The molecule has 0 radical (unpaired) electrons. The van der Waals surface area contributed by atoms with Gasteiger partial charge in [-0.25, -0.2) is 4.79 Å². The number of hydrogen-bond acceptors (Lipinski definition) is 3. The molecule has 7 heteroatoms. The fourth-order valence-electron chi connectivity index (χ4n) is 3.56. The highest BCUT2D eigenvalue weighted by Crippen LogP contribution is 2.31. The summed E-state index contributed by atoms with van der Waals surface area (Å²) in [5.74, 6) is -1.20. The van der Waals surface area contributed by atoms with E-state index in [4.69, 9.17) is 0 Å². The van der Waals surface area contributed by atoms with Crippen molar-refractivity contribution in [1.82, 2.24) is 14.9 Å². The number of nitrogens with zero attached hydrogens (tertiary/aromatic N) is 1. The molecule has 7 nitrogen and oxygen atoms in total. The Morgan fingerprint density at radius 1 is 1.29 bits per heavy atom. The van der Waals surface area contributed by atoms with E-state index in [-0.39, 0.29) is 18.0 Å². The Balaban J connectivity index is 1.87. The topological polar surface area (TPSA) is 104 Å². The van der Waals surface area contributed by atoms with Crippen LogP contribution >= 0.6 is 0 Å². The molecular weight excluding hydrogens is 310 g/mol. The summed E-state index contributed by atoms with van der Waals surface area (Å²) in [5.41, 5.74) is 0.803. The molecule has 1 amide bonds. The molecule has 24 heavy (non-hydrogen) atoms. The lowest BCUT2D eigenvalue weighted by atomic mass is 9.79. The van der Waals surface area contributed by atoms with E-state index in [2.05, 4.69) is 10.3 Å². The number of nitrogens with one attached hydrogen (secondary N) is 2. The first kappa shape index (κ1) is 16.3. The van der Waals surface area contributed by atoms with Crippen molar-refractivity contribution in [2.45, 2.75) is 44.1 Å². The van der Waals surface area contributed by atoms with Gasteiger partial charge >= 0.3 is 11.7 Å². The van der Waals surface area contributed by atoms with Gasteiger partial charge in [-0.15, -0.1) is 0 Å². The fraction of sp³-hybridized carbons (Fsp3) is 0.471. The van der Waals surface area contributed by atoms with E-state index in [9.17, 15) is 19.5 Å². The minimum Gasteiger partial charge on any atom is -0.481 e. The van der Waals surface area contributed by atoms with Crippen molar-refractivity contribution >= 4 is 22.9 Å². The van der Waals surface area contributed by atoms with Crippen molar-refractivity contribution < 1.29 is 14.7 Å². The van der Waals surface area contributed by atoms with Gasteiger partial charge in [0.1, 0.15) is 0 Å². The summed E-state index contributed by atoms with van der Waals surface area (Å²) in [7, 11) is 1.66. The number of aryl methyl sites for hydroxylation is 1. The summed E-state index contributed by atoms with van der Waals surface area (Å²) >= 11 is 0. The third-order valence-electron chi connectivity index (χ3n) is 4.85. The number of carboxylic acids is 1. The molecule has 1 aliphatic carbocycles. The number of rotatable bonds is 4. The number of carbonyl (C=O) groups excluding carboxylic acids is 1. The average Bonchev–Trinajstić information content (AvgIpc) is 2.81. The Morgan fingerprint density at radius 3 is 2.67 bits per heavy atom. The van der Waals surface area contributed by atoms with E-state index in [1.54, 1.807) is 25.2 Å². The molecule has 1 fully saturated rings. The number of hydrogen-bond donors (Lipinski definition) is 3. The normalized spacial score (nSPS) is 16.9. The van der Waals surface area contributed by atoms with Crippen molar-refractivity contribution in [2.75, 3.05) is 0 Å². The number of fused-ring (bicyclic) bond motifs is 1. The lowest BCUT2D eigenvalue weighted by molar-refractivity contribution is -0.139. The van der Waals surface area contributed by atoms with E-state index in [1.807, 2.05) is 0 Å². The largest absolute Gasteiger partial charge is 0.481 e. The van der Waals surface area contributed by atoms with Crippen molar-refractivity contribution in [1.29, 1.82) is 0 Å². The summed E-state index contributed by atoms with van der Waals surface area (Å²) in [4.78, 5) is 38.2. The molecule has 128 valence electrons. The molecule has 2 aromatic rings.